The number of rotatable bonds is 6. The van der Waals surface area contributed by atoms with E-state index in [1.54, 1.807) is 17.7 Å². The number of carbonyl (C=O) groups is 2. The third-order valence-electron chi connectivity index (χ3n) is 3.71. The molecule has 1 aromatic carbocycles. The molecule has 0 unspecified atom stereocenters. The molecule has 0 amide bonds. The first-order valence-electron chi connectivity index (χ1n) is 8.52. The van der Waals surface area contributed by atoms with E-state index in [-0.39, 0.29) is 0 Å². The molecule has 3 N–H and O–H groups in total. The summed E-state index contributed by atoms with van der Waals surface area (Å²) >= 11 is 1.67. The van der Waals surface area contributed by atoms with Crippen LogP contribution in [0.15, 0.2) is 42.0 Å². The van der Waals surface area contributed by atoms with E-state index in [9.17, 15) is 0 Å². The molecule has 3 aromatic rings. The second-order valence-electron chi connectivity index (χ2n) is 6.11. The van der Waals surface area contributed by atoms with Crippen LogP contribution < -0.4 is 5.32 Å². The van der Waals surface area contributed by atoms with Gasteiger partial charge in [-0.1, -0.05) is 30.3 Å². The quantitative estimate of drug-likeness (QED) is 0.426. The van der Waals surface area contributed by atoms with E-state index in [1.807, 2.05) is 6.07 Å². The number of thiophene rings is 1. The Balaban J connectivity index is 0.000000409. The number of hydrogen-bond donors (Lipinski definition) is 3. The van der Waals surface area contributed by atoms with Gasteiger partial charge in [-0.25, -0.2) is 19.6 Å². The Morgan fingerprint density at radius 1 is 1.11 bits per heavy atom. The van der Waals surface area contributed by atoms with Crippen molar-refractivity contribution in [1.82, 2.24) is 14.9 Å². The van der Waals surface area contributed by atoms with E-state index in [0.717, 1.165) is 35.5 Å². The van der Waals surface area contributed by atoms with Crippen LogP contribution in [0.2, 0.25) is 0 Å². The number of nitrogens with zero attached hydrogens (tertiary/aromatic N) is 3. The van der Waals surface area contributed by atoms with Crippen LogP contribution in [0.1, 0.15) is 6.42 Å². The molecular formula is C19H22N4O4S. The molecule has 0 radical (unpaired) electrons. The van der Waals surface area contributed by atoms with Crippen molar-refractivity contribution in [3.63, 3.8) is 0 Å². The standard InChI is InChI=1S/C17H20N4S.C2H2O4/c1-21(2)10-6-9-18-16-15-14(13-7-4-3-5-8-13)11-22-17(15)20-12-19-16;3-1(4)2(5)6/h3-5,7-8,11-12H,6,9-10H2,1-2H3,(H,18,19,20);(H,3,4)(H,5,6). The zero-order valence-electron chi connectivity index (χ0n) is 15.6. The molecule has 0 aliphatic carbocycles. The monoisotopic (exact) mass is 402 g/mol. The van der Waals surface area contributed by atoms with Crippen molar-refractivity contribution in [2.45, 2.75) is 6.42 Å². The lowest BCUT2D eigenvalue weighted by atomic mass is 10.1. The first-order chi connectivity index (χ1) is 13.4. The lowest BCUT2D eigenvalue weighted by molar-refractivity contribution is -0.159. The highest BCUT2D eigenvalue weighted by Crippen LogP contribution is 2.36. The molecule has 9 heteroatoms. The predicted molar refractivity (Wildman–Crippen MR) is 110 cm³/mol. The van der Waals surface area contributed by atoms with Crippen LogP contribution in [0.5, 0.6) is 0 Å². The van der Waals surface area contributed by atoms with Crippen molar-refractivity contribution in [2.24, 2.45) is 0 Å². The maximum absolute atomic E-state index is 9.10. The number of hydrogen-bond acceptors (Lipinski definition) is 7. The van der Waals surface area contributed by atoms with E-state index < -0.39 is 11.9 Å². The van der Waals surface area contributed by atoms with Crippen molar-refractivity contribution in [1.29, 1.82) is 0 Å². The Labute approximate surface area is 166 Å². The van der Waals surface area contributed by atoms with Crippen molar-refractivity contribution in [3.8, 4) is 11.1 Å². The number of carboxylic acids is 2. The molecule has 0 saturated heterocycles. The maximum atomic E-state index is 9.10. The van der Waals surface area contributed by atoms with Gasteiger partial charge in [0.1, 0.15) is 17.0 Å². The fourth-order valence-electron chi connectivity index (χ4n) is 2.44. The first-order valence-corrected chi connectivity index (χ1v) is 9.40. The van der Waals surface area contributed by atoms with Gasteiger partial charge in [0.25, 0.3) is 0 Å². The van der Waals surface area contributed by atoms with E-state index in [1.165, 1.54) is 11.1 Å². The van der Waals surface area contributed by atoms with Crippen LogP contribution in [-0.2, 0) is 9.59 Å². The summed E-state index contributed by atoms with van der Waals surface area (Å²) in [7, 11) is 4.19. The minimum atomic E-state index is -1.82. The number of benzene rings is 1. The molecule has 0 bridgehead atoms. The molecule has 148 valence electrons. The van der Waals surface area contributed by atoms with E-state index in [0.29, 0.717) is 0 Å². The molecule has 28 heavy (non-hydrogen) atoms. The van der Waals surface area contributed by atoms with E-state index >= 15 is 0 Å². The largest absolute Gasteiger partial charge is 0.473 e. The molecule has 2 heterocycles. The van der Waals surface area contributed by atoms with Gasteiger partial charge in [0.05, 0.1) is 5.39 Å². The Kier molecular flexibility index (Phi) is 7.85. The fourth-order valence-corrected chi connectivity index (χ4v) is 3.36. The highest BCUT2D eigenvalue weighted by atomic mass is 32.1. The van der Waals surface area contributed by atoms with E-state index in [4.69, 9.17) is 19.8 Å². The lowest BCUT2D eigenvalue weighted by Crippen LogP contribution is -2.16. The van der Waals surface area contributed by atoms with Gasteiger partial charge in [0, 0.05) is 17.5 Å². The minimum Gasteiger partial charge on any atom is -0.473 e. The summed E-state index contributed by atoms with van der Waals surface area (Å²) in [6.07, 6.45) is 2.73. The van der Waals surface area contributed by atoms with Gasteiger partial charge >= 0.3 is 11.9 Å². The van der Waals surface area contributed by atoms with Crippen molar-refractivity contribution in [3.05, 3.63) is 42.0 Å². The molecular weight excluding hydrogens is 380 g/mol. The average Bonchev–Trinajstić information content (AvgIpc) is 3.11. The topological polar surface area (TPSA) is 116 Å². The summed E-state index contributed by atoms with van der Waals surface area (Å²) < 4.78 is 0. The minimum absolute atomic E-state index is 0.911. The number of aromatic nitrogens is 2. The zero-order valence-corrected chi connectivity index (χ0v) is 16.4. The number of nitrogens with one attached hydrogen (secondary N) is 1. The summed E-state index contributed by atoms with van der Waals surface area (Å²) in [5.74, 6) is -2.71. The van der Waals surface area contributed by atoms with Gasteiger partial charge in [0.2, 0.25) is 0 Å². The van der Waals surface area contributed by atoms with Crippen LogP contribution in [0, 0.1) is 0 Å². The fraction of sp³-hybridized carbons (Fsp3) is 0.263. The summed E-state index contributed by atoms with van der Waals surface area (Å²) in [4.78, 5) is 30.3. The Morgan fingerprint density at radius 3 is 2.39 bits per heavy atom. The van der Waals surface area contributed by atoms with Crippen molar-refractivity contribution < 1.29 is 19.8 Å². The van der Waals surface area contributed by atoms with Crippen LogP contribution in [0.25, 0.3) is 21.3 Å². The molecule has 0 aliphatic heterocycles. The molecule has 0 atom stereocenters. The third-order valence-corrected chi connectivity index (χ3v) is 4.60. The van der Waals surface area contributed by atoms with Crippen LogP contribution in [0.4, 0.5) is 5.82 Å². The Morgan fingerprint density at radius 2 is 1.79 bits per heavy atom. The normalized spacial score (nSPS) is 10.4. The number of aliphatic carboxylic acids is 2. The molecule has 8 nitrogen and oxygen atoms in total. The molecule has 0 fully saturated rings. The average molecular weight is 402 g/mol. The van der Waals surface area contributed by atoms with Gasteiger partial charge in [-0.3, -0.25) is 0 Å². The second-order valence-corrected chi connectivity index (χ2v) is 6.97. The molecule has 0 spiro atoms. The van der Waals surface area contributed by atoms with Crippen LogP contribution in [0.3, 0.4) is 0 Å². The Hall–Kier alpha value is -3.04. The molecule has 0 saturated carbocycles. The number of fused-ring (bicyclic) bond motifs is 1. The molecule has 2 aromatic heterocycles. The van der Waals surface area contributed by atoms with Crippen molar-refractivity contribution >= 4 is 39.3 Å². The first kappa shape index (κ1) is 21.3. The van der Waals surface area contributed by atoms with Gasteiger partial charge < -0.3 is 20.4 Å². The van der Waals surface area contributed by atoms with Gasteiger partial charge in [-0.15, -0.1) is 11.3 Å². The summed E-state index contributed by atoms with van der Waals surface area (Å²) in [6.45, 7) is 1.98. The predicted octanol–water partition coefficient (Wildman–Crippen LogP) is 2.88. The zero-order chi connectivity index (χ0) is 20.5. The molecule has 3 rings (SSSR count). The summed E-state index contributed by atoms with van der Waals surface area (Å²) in [5.41, 5.74) is 2.41. The van der Waals surface area contributed by atoms with Crippen molar-refractivity contribution in [2.75, 3.05) is 32.5 Å². The van der Waals surface area contributed by atoms with Gasteiger partial charge in [0.15, 0.2) is 0 Å². The highest BCUT2D eigenvalue weighted by molar-refractivity contribution is 7.17. The SMILES string of the molecule is CN(C)CCCNc1ncnc2scc(-c3ccccc3)c12.O=C(O)C(=O)O. The van der Waals surface area contributed by atoms with Crippen LogP contribution >= 0.6 is 11.3 Å². The number of anilines is 1. The van der Waals surface area contributed by atoms with Gasteiger partial charge in [-0.2, -0.15) is 0 Å². The second kappa shape index (κ2) is 10.3. The summed E-state index contributed by atoms with van der Waals surface area (Å²) in [6, 6.07) is 10.4. The number of carboxylic acid groups (broad SMARTS) is 2. The lowest BCUT2D eigenvalue weighted by Gasteiger charge is -2.11. The van der Waals surface area contributed by atoms with Gasteiger partial charge in [-0.05, 0) is 32.6 Å². The Bertz CT molecular complexity index is 916. The highest BCUT2D eigenvalue weighted by Gasteiger charge is 2.12. The molecule has 0 aliphatic rings. The third kappa shape index (κ3) is 6.00. The van der Waals surface area contributed by atoms with E-state index in [2.05, 4.69) is 63.9 Å². The smallest absolute Gasteiger partial charge is 0.414 e. The maximum Gasteiger partial charge on any atom is 0.414 e. The van der Waals surface area contributed by atoms with Crippen LogP contribution in [-0.4, -0.2) is 64.2 Å². The summed E-state index contributed by atoms with van der Waals surface area (Å²) in [5, 5.41) is 21.5.